The van der Waals surface area contributed by atoms with Gasteiger partial charge in [0.1, 0.15) is 24.4 Å². The van der Waals surface area contributed by atoms with Gasteiger partial charge in [0, 0.05) is 13.2 Å². The van der Waals surface area contributed by atoms with E-state index in [0.717, 1.165) is 44.9 Å². The standard InChI is InChI=1S/C15H30O7/c16-8-6-4-2-1-3-5-7-9-21-15-14(20)13(19)12(18)11(10-17)22-15/h11-20H,1-10H2/t11-,12-,13+,14+,15?/m1/s1. The van der Waals surface area contributed by atoms with Crippen molar-refractivity contribution in [3.63, 3.8) is 0 Å². The van der Waals surface area contributed by atoms with Crippen LogP contribution in [0.1, 0.15) is 44.9 Å². The summed E-state index contributed by atoms with van der Waals surface area (Å²) in [6.07, 6.45) is 1.05. The van der Waals surface area contributed by atoms with Crippen molar-refractivity contribution in [1.82, 2.24) is 0 Å². The second-order valence-electron chi connectivity index (χ2n) is 5.77. The van der Waals surface area contributed by atoms with E-state index >= 15 is 0 Å². The second kappa shape index (κ2) is 11.3. The van der Waals surface area contributed by atoms with Gasteiger partial charge in [-0.3, -0.25) is 0 Å². The summed E-state index contributed by atoms with van der Waals surface area (Å²) in [7, 11) is 0. The van der Waals surface area contributed by atoms with Crippen molar-refractivity contribution in [2.75, 3.05) is 19.8 Å². The summed E-state index contributed by atoms with van der Waals surface area (Å²) in [6.45, 7) is 0.199. The Bertz CT molecular complexity index is 275. The van der Waals surface area contributed by atoms with E-state index in [1.807, 2.05) is 0 Å². The van der Waals surface area contributed by atoms with Gasteiger partial charge in [-0.25, -0.2) is 0 Å². The van der Waals surface area contributed by atoms with E-state index in [9.17, 15) is 15.3 Å². The van der Waals surface area contributed by atoms with E-state index in [2.05, 4.69) is 0 Å². The smallest absolute Gasteiger partial charge is 0.186 e. The Balaban J connectivity index is 2.11. The van der Waals surface area contributed by atoms with Crippen molar-refractivity contribution in [3.8, 4) is 0 Å². The SMILES string of the molecule is OCCCCCCCCCOC1O[C@H](CO)[C@@H](O)[C@H](O)[C@@H]1O. The third kappa shape index (κ3) is 6.45. The topological polar surface area (TPSA) is 120 Å². The zero-order chi connectivity index (χ0) is 16.4. The third-order valence-corrected chi connectivity index (χ3v) is 3.93. The van der Waals surface area contributed by atoms with Crippen LogP contribution in [0.2, 0.25) is 0 Å². The Kier molecular flexibility index (Phi) is 10.1. The van der Waals surface area contributed by atoms with Crippen LogP contribution in [-0.2, 0) is 9.47 Å². The fourth-order valence-corrected chi connectivity index (χ4v) is 2.50. The Morgan fingerprint density at radius 2 is 1.32 bits per heavy atom. The summed E-state index contributed by atoms with van der Waals surface area (Å²) < 4.78 is 10.7. The van der Waals surface area contributed by atoms with Crippen LogP contribution in [0.5, 0.6) is 0 Å². The number of hydrogen-bond donors (Lipinski definition) is 5. The van der Waals surface area contributed by atoms with Gasteiger partial charge in [0.05, 0.1) is 6.61 Å². The maximum absolute atomic E-state index is 9.78. The van der Waals surface area contributed by atoms with Gasteiger partial charge < -0.3 is 35.0 Å². The molecule has 0 bridgehead atoms. The number of rotatable bonds is 11. The molecule has 1 aliphatic heterocycles. The average molecular weight is 322 g/mol. The molecule has 0 aromatic carbocycles. The molecule has 0 spiro atoms. The van der Waals surface area contributed by atoms with Crippen LogP contribution in [-0.4, -0.2) is 76.1 Å². The molecule has 0 aliphatic carbocycles. The van der Waals surface area contributed by atoms with Crippen LogP contribution in [0.3, 0.4) is 0 Å². The fourth-order valence-electron chi connectivity index (χ4n) is 2.50. The Morgan fingerprint density at radius 3 is 1.91 bits per heavy atom. The van der Waals surface area contributed by atoms with Crippen molar-refractivity contribution >= 4 is 0 Å². The van der Waals surface area contributed by atoms with Gasteiger partial charge in [-0.05, 0) is 12.8 Å². The zero-order valence-electron chi connectivity index (χ0n) is 13.0. The molecule has 7 nitrogen and oxygen atoms in total. The van der Waals surface area contributed by atoms with Crippen molar-refractivity contribution in [2.24, 2.45) is 0 Å². The molecule has 0 aromatic rings. The highest BCUT2D eigenvalue weighted by molar-refractivity contribution is 4.88. The highest BCUT2D eigenvalue weighted by Crippen LogP contribution is 2.22. The van der Waals surface area contributed by atoms with Gasteiger partial charge in [-0.2, -0.15) is 0 Å². The Labute approximate surface area is 131 Å². The molecule has 22 heavy (non-hydrogen) atoms. The minimum atomic E-state index is -1.39. The lowest BCUT2D eigenvalue weighted by Gasteiger charge is -2.39. The summed E-state index contributed by atoms with van der Waals surface area (Å²) in [5.74, 6) is 0. The molecule has 0 radical (unpaired) electrons. The quantitative estimate of drug-likeness (QED) is 0.326. The van der Waals surface area contributed by atoms with Crippen LogP contribution in [0, 0.1) is 0 Å². The maximum atomic E-state index is 9.78. The molecule has 0 aromatic heterocycles. The molecule has 7 heteroatoms. The number of hydrogen-bond acceptors (Lipinski definition) is 7. The lowest BCUT2D eigenvalue weighted by atomic mass is 9.99. The predicted octanol–water partition coefficient (Wildman–Crippen LogP) is -0.474. The molecular weight excluding hydrogens is 292 g/mol. The molecule has 1 rings (SSSR count). The molecular formula is C15H30O7. The van der Waals surface area contributed by atoms with Crippen molar-refractivity contribution < 1.29 is 35.0 Å². The van der Waals surface area contributed by atoms with E-state index in [0.29, 0.717) is 6.61 Å². The average Bonchev–Trinajstić information content (AvgIpc) is 2.53. The van der Waals surface area contributed by atoms with E-state index in [4.69, 9.17) is 19.7 Å². The minimum absolute atomic E-state index is 0.257. The first-order valence-corrected chi connectivity index (χ1v) is 8.14. The van der Waals surface area contributed by atoms with Crippen LogP contribution in [0.4, 0.5) is 0 Å². The Hall–Kier alpha value is -0.280. The van der Waals surface area contributed by atoms with Gasteiger partial charge in [-0.1, -0.05) is 32.1 Å². The predicted molar refractivity (Wildman–Crippen MR) is 79.1 cm³/mol. The van der Waals surface area contributed by atoms with Crippen LogP contribution >= 0.6 is 0 Å². The number of ether oxygens (including phenoxy) is 2. The highest BCUT2D eigenvalue weighted by Gasteiger charge is 2.43. The van der Waals surface area contributed by atoms with Gasteiger partial charge in [0.15, 0.2) is 6.29 Å². The van der Waals surface area contributed by atoms with Crippen LogP contribution in [0.15, 0.2) is 0 Å². The molecule has 1 fully saturated rings. The monoisotopic (exact) mass is 322 g/mol. The lowest BCUT2D eigenvalue weighted by molar-refractivity contribution is -0.301. The van der Waals surface area contributed by atoms with E-state index in [-0.39, 0.29) is 6.61 Å². The highest BCUT2D eigenvalue weighted by atomic mass is 16.7. The normalized spacial score (nSPS) is 32.3. The summed E-state index contributed by atoms with van der Waals surface area (Å²) >= 11 is 0. The molecule has 132 valence electrons. The fraction of sp³-hybridized carbons (Fsp3) is 1.00. The number of aliphatic hydroxyl groups is 5. The minimum Gasteiger partial charge on any atom is -0.396 e. The second-order valence-corrected chi connectivity index (χ2v) is 5.77. The number of aliphatic hydroxyl groups excluding tert-OH is 5. The number of unbranched alkanes of at least 4 members (excludes halogenated alkanes) is 6. The zero-order valence-corrected chi connectivity index (χ0v) is 13.0. The molecule has 5 N–H and O–H groups in total. The maximum Gasteiger partial charge on any atom is 0.186 e. The third-order valence-electron chi connectivity index (χ3n) is 3.93. The van der Waals surface area contributed by atoms with Crippen molar-refractivity contribution in [1.29, 1.82) is 0 Å². The van der Waals surface area contributed by atoms with E-state index in [1.54, 1.807) is 0 Å². The van der Waals surface area contributed by atoms with Gasteiger partial charge in [0.2, 0.25) is 0 Å². The first-order chi connectivity index (χ1) is 10.6. The first kappa shape index (κ1) is 19.8. The molecule has 1 heterocycles. The lowest BCUT2D eigenvalue weighted by Crippen LogP contribution is -2.59. The summed E-state index contributed by atoms with van der Waals surface area (Å²) in [5.41, 5.74) is 0. The van der Waals surface area contributed by atoms with Gasteiger partial charge in [-0.15, -0.1) is 0 Å². The van der Waals surface area contributed by atoms with Crippen LogP contribution in [0.25, 0.3) is 0 Å². The summed E-state index contributed by atoms with van der Waals surface area (Å²) in [5, 5.41) is 46.8. The Morgan fingerprint density at radius 1 is 0.727 bits per heavy atom. The van der Waals surface area contributed by atoms with Crippen molar-refractivity contribution in [3.05, 3.63) is 0 Å². The first-order valence-electron chi connectivity index (χ1n) is 8.14. The van der Waals surface area contributed by atoms with E-state index < -0.39 is 37.3 Å². The molecule has 1 saturated heterocycles. The summed E-state index contributed by atoms with van der Waals surface area (Å²) in [6, 6.07) is 0. The molecule has 0 saturated carbocycles. The largest absolute Gasteiger partial charge is 0.396 e. The summed E-state index contributed by atoms with van der Waals surface area (Å²) in [4.78, 5) is 0. The van der Waals surface area contributed by atoms with Crippen molar-refractivity contribution in [2.45, 2.75) is 75.7 Å². The van der Waals surface area contributed by atoms with Crippen LogP contribution < -0.4 is 0 Å². The molecule has 1 aliphatic rings. The van der Waals surface area contributed by atoms with E-state index in [1.165, 1.54) is 0 Å². The molecule has 0 amide bonds. The van der Waals surface area contributed by atoms with Gasteiger partial charge in [0.25, 0.3) is 0 Å². The van der Waals surface area contributed by atoms with Gasteiger partial charge >= 0.3 is 0 Å². The molecule has 5 atom stereocenters. The molecule has 1 unspecified atom stereocenters.